The summed E-state index contributed by atoms with van der Waals surface area (Å²) in [5.74, 6) is -1.01. The van der Waals surface area contributed by atoms with Gasteiger partial charge in [-0.3, -0.25) is 4.79 Å². The van der Waals surface area contributed by atoms with E-state index in [2.05, 4.69) is 10.0 Å². The number of aliphatic hydroxyl groups is 5. The predicted molar refractivity (Wildman–Crippen MR) is 50.1 cm³/mol. The highest BCUT2D eigenvalue weighted by Gasteiger charge is 2.33. The van der Waals surface area contributed by atoms with Crippen molar-refractivity contribution in [2.45, 2.75) is 24.4 Å². The van der Waals surface area contributed by atoms with Crippen LogP contribution in [0.3, 0.4) is 0 Å². The fourth-order valence-electron chi connectivity index (χ4n) is 0.908. The van der Waals surface area contributed by atoms with Gasteiger partial charge in [-0.15, -0.1) is 0 Å². The lowest BCUT2D eigenvalue weighted by Crippen LogP contribution is -2.49. The summed E-state index contributed by atoms with van der Waals surface area (Å²) in [7, 11) is 0. The van der Waals surface area contributed by atoms with E-state index >= 15 is 0 Å². The first kappa shape index (κ1) is 14.8. The van der Waals surface area contributed by atoms with Crippen LogP contribution in [0.25, 0.3) is 10.4 Å². The lowest BCUT2D eigenvalue weighted by Gasteiger charge is -2.24. The maximum absolute atomic E-state index is 11.0. The van der Waals surface area contributed by atoms with Gasteiger partial charge in [0.25, 0.3) is 0 Å². The lowest BCUT2D eigenvalue weighted by molar-refractivity contribution is -0.145. The van der Waals surface area contributed by atoms with Gasteiger partial charge in [-0.2, -0.15) is 0 Å². The minimum absolute atomic E-state index is 0.684. The second kappa shape index (κ2) is 7.12. The van der Waals surface area contributed by atoms with Gasteiger partial charge >= 0.3 is 0 Å². The van der Waals surface area contributed by atoms with Crippen LogP contribution in [0.1, 0.15) is 0 Å². The predicted octanol–water partition coefficient (Wildman–Crippen LogP) is -2.70. The van der Waals surface area contributed by atoms with Crippen molar-refractivity contribution in [3.8, 4) is 0 Å². The molecule has 0 aromatic heterocycles. The van der Waals surface area contributed by atoms with E-state index in [1.165, 1.54) is 0 Å². The number of rotatable bonds is 7. The van der Waals surface area contributed by atoms with E-state index in [1.54, 1.807) is 0 Å². The Kier molecular flexibility index (Phi) is 6.58. The Morgan fingerprint density at radius 2 is 1.81 bits per heavy atom. The van der Waals surface area contributed by atoms with Crippen molar-refractivity contribution >= 4 is 5.78 Å². The van der Waals surface area contributed by atoms with E-state index in [-0.39, 0.29) is 0 Å². The highest BCUT2D eigenvalue weighted by atomic mass is 16.4. The molecular weight excluding hydrogens is 222 g/mol. The Labute approximate surface area is 90.2 Å². The summed E-state index contributed by atoms with van der Waals surface area (Å²) in [4.78, 5) is 13.3. The topological polar surface area (TPSA) is 167 Å². The van der Waals surface area contributed by atoms with Crippen LogP contribution in [0.5, 0.6) is 0 Å². The Hall–Kier alpha value is -1.22. The van der Waals surface area contributed by atoms with E-state index in [4.69, 9.17) is 20.9 Å². The van der Waals surface area contributed by atoms with Gasteiger partial charge in [-0.25, -0.2) is 0 Å². The van der Waals surface area contributed by atoms with E-state index < -0.39 is 43.4 Å². The molecule has 0 saturated carbocycles. The van der Waals surface area contributed by atoms with Crippen LogP contribution in [0, 0.1) is 0 Å². The molecule has 9 nitrogen and oxygen atoms in total. The Morgan fingerprint density at radius 3 is 2.25 bits per heavy atom. The summed E-state index contributed by atoms with van der Waals surface area (Å²) in [6.45, 7) is -1.52. The summed E-state index contributed by atoms with van der Waals surface area (Å²) in [6, 6.07) is 0. The first-order valence-electron chi connectivity index (χ1n) is 4.32. The number of aliphatic hydroxyl groups excluding tert-OH is 5. The normalized spacial score (nSPS) is 18.1. The molecule has 0 aromatic carbocycles. The molecule has 0 aliphatic heterocycles. The standard InChI is InChI=1S/C7H13N3O6/c8-10-9-1-3(12)5(14)7(16)6(15)4(13)2-11/h4-7,11,13-16H,1-2H2/t4-,5+,6-,7-/m1/s1. The summed E-state index contributed by atoms with van der Waals surface area (Å²) >= 11 is 0. The van der Waals surface area contributed by atoms with Gasteiger partial charge in [-0.05, 0) is 5.53 Å². The summed E-state index contributed by atoms with van der Waals surface area (Å²) in [6.07, 6.45) is -7.53. The van der Waals surface area contributed by atoms with E-state index in [1.807, 2.05) is 0 Å². The maximum atomic E-state index is 11.0. The van der Waals surface area contributed by atoms with E-state index in [0.717, 1.165) is 0 Å². The highest BCUT2D eigenvalue weighted by molar-refractivity contribution is 5.85. The van der Waals surface area contributed by atoms with Crippen molar-refractivity contribution in [3.05, 3.63) is 10.4 Å². The summed E-state index contributed by atoms with van der Waals surface area (Å²) in [5.41, 5.74) is 7.91. The molecule has 0 amide bonds. The summed E-state index contributed by atoms with van der Waals surface area (Å²) in [5, 5.41) is 47.8. The average molecular weight is 235 g/mol. The van der Waals surface area contributed by atoms with Gasteiger partial charge < -0.3 is 25.5 Å². The number of carbonyl (C=O) groups is 1. The third-order valence-corrected chi connectivity index (χ3v) is 1.87. The van der Waals surface area contributed by atoms with Gasteiger partial charge in [0, 0.05) is 4.91 Å². The zero-order valence-electron chi connectivity index (χ0n) is 8.21. The second-order valence-corrected chi connectivity index (χ2v) is 3.03. The fourth-order valence-corrected chi connectivity index (χ4v) is 0.908. The molecule has 0 unspecified atom stereocenters. The molecule has 0 aliphatic carbocycles. The smallest absolute Gasteiger partial charge is 0.169 e. The zero-order chi connectivity index (χ0) is 12.7. The second-order valence-electron chi connectivity index (χ2n) is 3.03. The fraction of sp³-hybridized carbons (Fsp3) is 0.857. The van der Waals surface area contributed by atoms with Crippen LogP contribution < -0.4 is 0 Å². The lowest BCUT2D eigenvalue weighted by atomic mass is 10.0. The van der Waals surface area contributed by atoms with Crippen LogP contribution in [-0.2, 0) is 4.79 Å². The Balaban J connectivity index is 4.41. The molecule has 0 saturated heterocycles. The summed E-state index contributed by atoms with van der Waals surface area (Å²) < 4.78 is 0. The van der Waals surface area contributed by atoms with Crippen LogP contribution >= 0.6 is 0 Å². The highest BCUT2D eigenvalue weighted by Crippen LogP contribution is 2.06. The molecule has 92 valence electrons. The van der Waals surface area contributed by atoms with Crippen molar-refractivity contribution in [1.29, 1.82) is 0 Å². The van der Waals surface area contributed by atoms with Crippen molar-refractivity contribution in [2.24, 2.45) is 5.11 Å². The van der Waals surface area contributed by atoms with E-state index in [9.17, 15) is 15.0 Å². The Morgan fingerprint density at radius 1 is 1.25 bits per heavy atom. The van der Waals surface area contributed by atoms with Crippen LogP contribution in [-0.4, -0.2) is 68.9 Å². The number of ketones is 1. The third kappa shape index (κ3) is 4.11. The number of hydrogen-bond acceptors (Lipinski definition) is 7. The van der Waals surface area contributed by atoms with Crippen LogP contribution in [0.4, 0.5) is 0 Å². The first-order chi connectivity index (χ1) is 7.45. The van der Waals surface area contributed by atoms with Crippen molar-refractivity contribution in [3.63, 3.8) is 0 Å². The van der Waals surface area contributed by atoms with Gasteiger partial charge in [0.05, 0.1) is 13.2 Å². The largest absolute Gasteiger partial charge is 0.394 e. The number of carbonyl (C=O) groups excluding carboxylic acids is 1. The quantitative estimate of drug-likeness (QED) is 0.183. The number of hydrogen-bond donors (Lipinski definition) is 5. The zero-order valence-corrected chi connectivity index (χ0v) is 8.21. The van der Waals surface area contributed by atoms with Crippen LogP contribution in [0.15, 0.2) is 5.11 Å². The van der Waals surface area contributed by atoms with E-state index in [0.29, 0.717) is 0 Å². The molecule has 4 atom stereocenters. The average Bonchev–Trinajstić information content (AvgIpc) is 2.31. The van der Waals surface area contributed by atoms with Gasteiger partial charge in [0.15, 0.2) is 5.78 Å². The molecular formula is C7H13N3O6. The molecule has 9 heteroatoms. The molecule has 0 spiro atoms. The molecule has 0 aromatic rings. The molecule has 5 N–H and O–H groups in total. The monoisotopic (exact) mass is 235 g/mol. The Bertz CT molecular complexity index is 279. The van der Waals surface area contributed by atoms with Gasteiger partial charge in [0.2, 0.25) is 0 Å². The maximum Gasteiger partial charge on any atom is 0.169 e. The van der Waals surface area contributed by atoms with Gasteiger partial charge in [-0.1, -0.05) is 5.11 Å². The molecule has 0 bridgehead atoms. The van der Waals surface area contributed by atoms with Crippen LogP contribution in [0.2, 0.25) is 0 Å². The minimum atomic E-state index is -2.00. The molecule has 0 aliphatic rings. The van der Waals surface area contributed by atoms with Crippen molar-refractivity contribution in [2.75, 3.05) is 13.2 Å². The number of azide groups is 1. The molecule has 0 rings (SSSR count). The molecule has 0 radical (unpaired) electrons. The van der Waals surface area contributed by atoms with Crippen molar-refractivity contribution < 1.29 is 30.3 Å². The molecule has 16 heavy (non-hydrogen) atoms. The third-order valence-electron chi connectivity index (χ3n) is 1.87. The number of Topliss-reactive ketones (excluding diaryl/α,β-unsaturated/α-hetero) is 1. The first-order valence-corrected chi connectivity index (χ1v) is 4.32. The number of nitrogens with zero attached hydrogens (tertiary/aromatic N) is 3. The van der Waals surface area contributed by atoms with Crippen molar-refractivity contribution in [1.82, 2.24) is 0 Å². The molecule has 0 fully saturated rings. The minimum Gasteiger partial charge on any atom is -0.394 e. The SMILES string of the molecule is [N-]=[N+]=NCC(=O)[C@H](O)[C@@H](O)[C@H](O)[C@H](O)CO. The molecule has 0 heterocycles. The van der Waals surface area contributed by atoms with Gasteiger partial charge in [0.1, 0.15) is 24.4 Å².